The SMILES string of the molecule is NC(=O)NCc1ccc(NC(=O)[C@H](Oc2ccccc2)c2ccccc2)cc1. The summed E-state index contributed by atoms with van der Waals surface area (Å²) in [7, 11) is 0. The van der Waals surface area contributed by atoms with Crippen molar-refractivity contribution < 1.29 is 14.3 Å². The van der Waals surface area contributed by atoms with Gasteiger partial charge in [0.25, 0.3) is 5.91 Å². The molecule has 0 bridgehead atoms. The third-order valence-electron chi connectivity index (χ3n) is 4.03. The number of para-hydroxylation sites is 1. The van der Waals surface area contributed by atoms with Crippen LogP contribution in [0.3, 0.4) is 0 Å². The molecule has 142 valence electrons. The summed E-state index contributed by atoms with van der Waals surface area (Å²) in [6, 6.07) is 25.1. The quantitative estimate of drug-likeness (QED) is 0.589. The van der Waals surface area contributed by atoms with Crippen LogP contribution in [-0.4, -0.2) is 11.9 Å². The zero-order valence-corrected chi connectivity index (χ0v) is 15.2. The Hall–Kier alpha value is -3.80. The molecule has 28 heavy (non-hydrogen) atoms. The smallest absolute Gasteiger partial charge is 0.312 e. The maximum Gasteiger partial charge on any atom is 0.312 e. The minimum Gasteiger partial charge on any atom is -0.476 e. The largest absolute Gasteiger partial charge is 0.476 e. The van der Waals surface area contributed by atoms with Gasteiger partial charge < -0.3 is 21.1 Å². The van der Waals surface area contributed by atoms with E-state index >= 15 is 0 Å². The summed E-state index contributed by atoms with van der Waals surface area (Å²) in [6.45, 7) is 0.327. The Kier molecular flexibility index (Phi) is 6.25. The lowest BCUT2D eigenvalue weighted by atomic mass is 10.1. The zero-order valence-electron chi connectivity index (χ0n) is 15.2. The number of benzene rings is 3. The topological polar surface area (TPSA) is 93.5 Å². The predicted octanol–water partition coefficient (Wildman–Crippen LogP) is 3.61. The summed E-state index contributed by atoms with van der Waals surface area (Å²) in [5, 5.41) is 5.40. The average molecular weight is 375 g/mol. The van der Waals surface area contributed by atoms with E-state index in [4.69, 9.17) is 10.5 Å². The number of nitrogens with two attached hydrogens (primary N) is 1. The molecule has 0 radical (unpaired) electrons. The van der Waals surface area contributed by atoms with Crippen LogP contribution in [0, 0.1) is 0 Å². The number of hydrogen-bond acceptors (Lipinski definition) is 3. The molecule has 0 saturated heterocycles. The first kappa shape index (κ1) is 19.0. The highest BCUT2D eigenvalue weighted by atomic mass is 16.5. The third kappa shape index (κ3) is 5.35. The van der Waals surface area contributed by atoms with Gasteiger partial charge in [0.05, 0.1) is 0 Å². The van der Waals surface area contributed by atoms with Crippen molar-refractivity contribution in [1.29, 1.82) is 0 Å². The first-order valence-electron chi connectivity index (χ1n) is 8.81. The van der Waals surface area contributed by atoms with Crippen LogP contribution in [0.25, 0.3) is 0 Å². The van der Waals surface area contributed by atoms with Gasteiger partial charge in [-0.2, -0.15) is 0 Å². The van der Waals surface area contributed by atoms with Crippen molar-refractivity contribution in [3.8, 4) is 5.75 Å². The van der Waals surface area contributed by atoms with E-state index in [1.165, 1.54) is 0 Å². The van der Waals surface area contributed by atoms with Gasteiger partial charge in [0.15, 0.2) is 0 Å². The molecular weight excluding hydrogens is 354 g/mol. The van der Waals surface area contributed by atoms with Gasteiger partial charge in [0.2, 0.25) is 6.10 Å². The first-order chi connectivity index (χ1) is 13.6. The van der Waals surface area contributed by atoms with Crippen molar-refractivity contribution in [1.82, 2.24) is 5.32 Å². The predicted molar refractivity (Wildman–Crippen MR) is 108 cm³/mol. The number of amides is 3. The lowest BCUT2D eigenvalue weighted by molar-refractivity contribution is -0.123. The van der Waals surface area contributed by atoms with Crippen LogP contribution in [0.1, 0.15) is 17.2 Å². The van der Waals surface area contributed by atoms with E-state index in [1.807, 2.05) is 60.7 Å². The Morgan fingerprint density at radius 3 is 2.07 bits per heavy atom. The molecule has 1 atom stereocenters. The van der Waals surface area contributed by atoms with E-state index in [0.29, 0.717) is 18.0 Å². The molecule has 3 amide bonds. The van der Waals surface area contributed by atoms with Gasteiger partial charge in [-0.25, -0.2) is 4.79 Å². The highest BCUT2D eigenvalue weighted by Crippen LogP contribution is 2.23. The van der Waals surface area contributed by atoms with Crippen LogP contribution in [0.2, 0.25) is 0 Å². The number of anilines is 1. The van der Waals surface area contributed by atoms with Gasteiger partial charge in [-0.15, -0.1) is 0 Å². The minimum atomic E-state index is -0.792. The van der Waals surface area contributed by atoms with E-state index < -0.39 is 12.1 Å². The van der Waals surface area contributed by atoms with E-state index in [-0.39, 0.29) is 5.91 Å². The average Bonchev–Trinajstić information content (AvgIpc) is 2.73. The Labute approximate surface area is 163 Å². The number of primary amides is 1. The molecule has 6 heteroatoms. The number of carbonyl (C=O) groups excluding carboxylic acids is 2. The van der Waals surface area contributed by atoms with E-state index in [0.717, 1.165) is 11.1 Å². The van der Waals surface area contributed by atoms with Gasteiger partial charge >= 0.3 is 6.03 Å². The van der Waals surface area contributed by atoms with Crippen molar-refractivity contribution in [2.24, 2.45) is 5.73 Å². The molecule has 0 saturated carbocycles. The summed E-state index contributed by atoms with van der Waals surface area (Å²) in [5.41, 5.74) is 7.32. The Balaban J connectivity index is 1.73. The summed E-state index contributed by atoms with van der Waals surface area (Å²) < 4.78 is 5.95. The Bertz CT molecular complexity index is 913. The van der Waals surface area contributed by atoms with Crippen molar-refractivity contribution in [3.05, 3.63) is 96.1 Å². The molecular formula is C22H21N3O3. The van der Waals surface area contributed by atoms with Crippen LogP contribution in [0.15, 0.2) is 84.9 Å². The molecule has 0 aliphatic rings. The number of ether oxygens (including phenoxy) is 1. The van der Waals surface area contributed by atoms with Crippen molar-refractivity contribution in [2.75, 3.05) is 5.32 Å². The van der Waals surface area contributed by atoms with Crippen LogP contribution >= 0.6 is 0 Å². The molecule has 0 aliphatic heterocycles. The third-order valence-corrected chi connectivity index (χ3v) is 4.03. The second-order valence-corrected chi connectivity index (χ2v) is 6.13. The van der Waals surface area contributed by atoms with E-state index in [2.05, 4.69) is 10.6 Å². The fourth-order valence-corrected chi connectivity index (χ4v) is 2.64. The number of carbonyl (C=O) groups is 2. The van der Waals surface area contributed by atoms with Crippen LogP contribution in [0.4, 0.5) is 10.5 Å². The van der Waals surface area contributed by atoms with Gasteiger partial charge in [0.1, 0.15) is 5.75 Å². The highest BCUT2D eigenvalue weighted by molar-refractivity contribution is 5.95. The summed E-state index contributed by atoms with van der Waals surface area (Å²) in [4.78, 5) is 23.7. The Morgan fingerprint density at radius 1 is 0.857 bits per heavy atom. The van der Waals surface area contributed by atoms with Gasteiger partial charge in [-0.1, -0.05) is 60.7 Å². The molecule has 0 aromatic heterocycles. The van der Waals surface area contributed by atoms with Crippen molar-refractivity contribution in [3.63, 3.8) is 0 Å². The molecule has 0 unspecified atom stereocenters. The molecule has 6 nitrogen and oxygen atoms in total. The second-order valence-electron chi connectivity index (χ2n) is 6.13. The molecule has 3 aromatic carbocycles. The fraction of sp³-hybridized carbons (Fsp3) is 0.0909. The monoisotopic (exact) mass is 375 g/mol. The van der Waals surface area contributed by atoms with E-state index in [1.54, 1.807) is 24.3 Å². The summed E-state index contributed by atoms with van der Waals surface area (Å²) in [6.07, 6.45) is -0.792. The summed E-state index contributed by atoms with van der Waals surface area (Å²) >= 11 is 0. The highest BCUT2D eigenvalue weighted by Gasteiger charge is 2.22. The van der Waals surface area contributed by atoms with Crippen molar-refractivity contribution >= 4 is 17.6 Å². The molecule has 3 aromatic rings. The number of urea groups is 1. The zero-order chi connectivity index (χ0) is 19.8. The van der Waals surface area contributed by atoms with Crippen LogP contribution < -0.4 is 21.1 Å². The maximum absolute atomic E-state index is 12.9. The number of rotatable bonds is 7. The molecule has 3 rings (SSSR count). The number of hydrogen-bond donors (Lipinski definition) is 3. The molecule has 4 N–H and O–H groups in total. The molecule has 0 aliphatic carbocycles. The minimum absolute atomic E-state index is 0.280. The maximum atomic E-state index is 12.9. The van der Waals surface area contributed by atoms with Crippen molar-refractivity contribution in [2.45, 2.75) is 12.6 Å². The van der Waals surface area contributed by atoms with E-state index in [9.17, 15) is 9.59 Å². The molecule has 0 heterocycles. The number of nitrogens with one attached hydrogen (secondary N) is 2. The fourth-order valence-electron chi connectivity index (χ4n) is 2.64. The molecule has 0 fully saturated rings. The second kappa shape index (κ2) is 9.23. The van der Waals surface area contributed by atoms with Crippen LogP contribution in [0.5, 0.6) is 5.75 Å². The van der Waals surface area contributed by atoms with Gasteiger partial charge in [-0.3, -0.25) is 4.79 Å². The van der Waals surface area contributed by atoms with Crippen LogP contribution in [-0.2, 0) is 11.3 Å². The molecule has 0 spiro atoms. The lowest BCUT2D eigenvalue weighted by Gasteiger charge is -2.19. The standard InChI is InChI=1S/C22H21N3O3/c23-22(27)24-15-16-11-13-18(14-12-16)25-21(26)20(17-7-3-1-4-8-17)28-19-9-5-2-6-10-19/h1-14,20H,15H2,(H,25,26)(H3,23,24,27)/t20-/m1/s1. The lowest BCUT2D eigenvalue weighted by Crippen LogP contribution is -2.28. The normalized spacial score (nSPS) is 11.3. The first-order valence-corrected chi connectivity index (χ1v) is 8.81. The van der Waals surface area contributed by atoms with Gasteiger partial charge in [0, 0.05) is 17.8 Å². The van der Waals surface area contributed by atoms with Gasteiger partial charge in [-0.05, 0) is 29.8 Å². The Morgan fingerprint density at radius 2 is 1.46 bits per heavy atom. The summed E-state index contributed by atoms with van der Waals surface area (Å²) in [5.74, 6) is 0.331.